The zero-order valence-electron chi connectivity index (χ0n) is 9.85. The lowest BCUT2D eigenvalue weighted by molar-refractivity contribution is -0.115. The van der Waals surface area contributed by atoms with Crippen molar-refractivity contribution in [3.05, 3.63) is 50.6 Å². The largest absolute Gasteiger partial charge is 0.366 e. The normalized spacial score (nSPS) is 10.2. The number of nitrogens with two attached hydrogens (primary N) is 1. The zero-order chi connectivity index (χ0) is 13.8. The molecule has 0 unspecified atom stereocenters. The standard InChI is InChI=1S/C13H11BrN2O2S/c14-8-5-9(19-7-8)6-12(17)16-11-4-2-1-3-10(11)13(15)18/h1-5,7H,6H2,(H2,15,18)(H,16,17). The van der Waals surface area contributed by atoms with Gasteiger partial charge in [0.05, 0.1) is 17.7 Å². The van der Waals surface area contributed by atoms with Crippen LogP contribution in [0.3, 0.4) is 0 Å². The van der Waals surface area contributed by atoms with Crippen LogP contribution in [0.4, 0.5) is 5.69 Å². The highest BCUT2D eigenvalue weighted by molar-refractivity contribution is 9.10. The van der Waals surface area contributed by atoms with Crippen molar-refractivity contribution in [2.45, 2.75) is 6.42 Å². The highest BCUT2D eigenvalue weighted by Crippen LogP contribution is 2.21. The molecule has 2 aromatic rings. The van der Waals surface area contributed by atoms with Crippen LogP contribution in [0.25, 0.3) is 0 Å². The number of thiophene rings is 1. The van der Waals surface area contributed by atoms with Crippen LogP contribution in [0.5, 0.6) is 0 Å². The number of hydrogen-bond donors (Lipinski definition) is 2. The number of anilines is 1. The van der Waals surface area contributed by atoms with Crippen molar-refractivity contribution in [2.75, 3.05) is 5.32 Å². The van der Waals surface area contributed by atoms with Crippen molar-refractivity contribution in [3.8, 4) is 0 Å². The number of rotatable bonds is 4. The molecule has 3 N–H and O–H groups in total. The molecule has 2 rings (SSSR count). The fourth-order valence-corrected chi connectivity index (χ4v) is 3.06. The number of hydrogen-bond acceptors (Lipinski definition) is 3. The molecule has 6 heteroatoms. The summed E-state index contributed by atoms with van der Waals surface area (Å²) in [6.07, 6.45) is 0.267. The van der Waals surface area contributed by atoms with Gasteiger partial charge in [-0.2, -0.15) is 0 Å². The van der Waals surface area contributed by atoms with E-state index < -0.39 is 5.91 Å². The predicted molar refractivity (Wildman–Crippen MR) is 79.3 cm³/mol. The van der Waals surface area contributed by atoms with Gasteiger partial charge in [0.1, 0.15) is 0 Å². The molecule has 0 aliphatic heterocycles. The minimum Gasteiger partial charge on any atom is -0.366 e. The van der Waals surface area contributed by atoms with Gasteiger partial charge in [-0.15, -0.1) is 11.3 Å². The Morgan fingerprint density at radius 1 is 1.32 bits per heavy atom. The maximum absolute atomic E-state index is 11.9. The van der Waals surface area contributed by atoms with Crippen molar-refractivity contribution in [3.63, 3.8) is 0 Å². The summed E-state index contributed by atoms with van der Waals surface area (Å²) in [6.45, 7) is 0. The number of carbonyl (C=O) groups excluding carboxylic acids is 2. The third-order valence-corrected chi connectivity index (χ3v) is 4.12. The van der Waals surface area contributed by atoms with E-state index in [9.17, 15) is 9.59 Å². The molecule has 0 radical (unpaired) electrons. The van der Waals surface area contributed by atoms with E-state index in [0.29, 0.717) is 11.3 Å². The van der Waals surface area contributed by atoms with E-state index in [2.05, 4.69) is 21.2 Å². The molecule has 0 bridgehead atoms. The summed E-state index contributed by atoms with van der Waals surface area (Å²) in [7, 11) is 0. The zero-order valence-corrected chi connectivity index (χ0v) is 12.3. The number of amides is 2. The molecule has 1 aromatic heterocycles. The second kappa shape index (κ2) is 5.99. The monoisotopic (exact) mass is 338 g/mol. The quantitative estimate of drug-likeness (QED) is 0.899. The average molecular weight is 339 g/mol. The smallest absolute Gasteiger partial charge is 0.250 e. The molecule has 0 atom stereocenters. The van der Waals surface area contributed by atoms with Crippen LogP contribution >= 0.6 is 27.3 Å². The topological polar surface area (TPSA) is 72.2 Å². The third kappa shape index (κ3) is 3.65. The van der Waals surface area contributed by atoms with Crippen LogP contribution in [-0.4, -0.2) is 11.8 Å². The first-order chi connectivity index (χ1) is 9.06. The van der Waals surface area contributed by atoms with E-state index >= 15 is 0 Å². The molecule has 0 saturated carbocycles. The molecule has 0 saturated heterocycles. The molecular formula is C13H11BrN2O2S. The van der Waals surface area contributed by atoms with Crippen molar-refractivity contribution in [1.29, 1.82) is 0 Å². The molecule has 0 aliphatic carbocycles. The summed E-state index contributed by atoms with van der Waals surface area (Å²) in [5.41, 5.74) is 6.00. The fraction of sp³-hybridized carbons (Fsp3) is 0.0769. The Labute approximate surface area is 122 Å². The number of carbonyl (C=O) groups is 2. The Hall–Kier alpha value is -1.66. The van der Waals surface area contributed by atoms with Crippen LogP contribution in [0.2, 0.25) is 0 Å². The van der Waals surface area contributed by atoms with Crippen LogP contribution in [-0.2, 0) is 11.2 Å². The molecule has 19 heavy (non-hydrogen) atoms. The van der Waals surface area contributed by atoms with Gasteiger partial charge in [0.25, 0.3) is 5.91 Å². The van der Waals surface area contributed by atoms with E-state index in [1.165, 1.54) is 11.3 Å². The minimum absolute atomic E-state index is 0.178. The van der Waals surface area contributed by atoms with Gasteiger partial charge in [0.2, 0.25) is 5.91 Å². The summed E-state index contributed by atoms with van der Waals surface area (Å²) < 4.78 is 0.956. The average Bonchev–Trinajstić information content (AvgIpc) is 2.75. The Bertz CT molecular complexity index is 625. The van der Waals surface area contributed by atoms with Gasteiger partial charge in [-0.3, -0.25) is 9.59 Å². The van der Waals surface area contributed by atoms with Crippen LogP contribution in [0.15, 0.2) is 40.2 Å². The molecule has 1 heterocycles. The van der Waals surface area contributed by atoms with Crippen LogP contribution < -0.4 is 11.1 Å². The molecule has 98 valence electrons. The second-order valence-electron chi connectivity index (χ2n) is 3.87. The number of para-hydroxylation sites is 1. The summed E-state index contributed by atoms with van der Waals surface area (Å²) in [6, 6.07) is 8.57. The van der Waals surface area contributed by atoms with E-state index in [1.54, 1.807) is 24.3 Å². The van der Waals surface area contributed by atoms with Crippen molar-refractivity contribution >= 4 is 44.8 Å². The maximum atomic E-state index is 11.9. The first-order valence-electron chi connectivity index (χ1n) is 5.48. The third-order valence-electron chi connectivity index (χ3n) is 2.42. The van der Waals surface area contributed by atoms with E-state index in [0.717, 1.165) is 9.35 Å². The maximum Gasteiger partial charge on any atom is 0.250 e. The summed E-state index contributed by atoms with van der Waals surface area (Å²) >= 11 is 4.84. The lowest BCUT2D eigenvalue weighted by Crippen LogP contribution is -2.19. The Morgan fingerprint density at radius 2 is 2.05 bits per heavy atom. The van der Waals surface area contributed by atoms with Gasteiger partial charge in [-0.05, 0) is 34.1 Å². The van der Waals surface area contributed by atoms with E-state index in [4.69, 9.17) is 5.73 Å². The van der Waals surface area contributed by atoms with Gasteiger partial charge in [0.15, 0.2) is 0 Å². The first-order valence-corrected chi connectivity index (χ1v) is 7.15. The fourth-order valence-electron chi connectivity index (χ4n) is 1.61. The lowest BCUT2D eigenvalue weighted by atomic mass is 10.1. The highest BCUT2D eigenvalue weighted by atomic mass is 79.9. The number of halogens is 1. The molecule has 0 fully saturated rings. The Morgan fingerprint density at radius 3 is 2.68 bits per heavy atom. The molecule has 1 aromatic carbocycles. The van der Waals surface area contributed by atoms with Gasteiger partial charge in [0, 0.05) is 14.7 Å². The molecule has 0 aliphatic rings. The van der Waals surface area contributed by atoms with Gasteiger partial charge >= 0.3 is 0 Å². The summed E-state index contributed by atoms with van der Waals surface area (Å²) in [5, 5.41) is 4.62. The van der Waals surface area contributed by atoms with Gasteiger partial charge in [-0.25, -0.2) is 0 Å². The van der Waals surface area contributed by atoms with Crippen LogP contribution in [0, 0.1) is 0 Å². The first kappa shape index (κ1) is 13.8. The number of primary amides is 1. The predicted octanol–water partition coefficient (Wildman–Crippen LogP) is 2.79. The second-order valence-corrected chi connectivity index (χ2v) is 5.78. The van der Waals surface area contributed by atoms with Crippen molar-refractivity contribution in [1.82, 2.24) is 0 Å². The Balaban J connectivity index is 2.09. The molecule has 2 amide bonds. The van der Waals surface area contributed by atoms with Crippen LogP contribution in [0.1, 0.15) is 15.2 Å². The van der Waals surface area contributed by atoms with E-state index in [-0.39, 0.29) is 12.3 Å². The minimum atomic E-state index is -0.560. The molecule has 4 nitrogen and oxygen atoms in total. The molecular weight excluding hydrogens is 328 g/mol. The SMILES string of the molecule is NC(=O)c1ccccc1NC(=O)Cc1cc(Br)cs1. The summed E-state index contributed by atoms with van der Waals surface area (Å²) in [5.74, 6) is -0.738. The Kier molecular flexibility index (Phi) is 4.34. The number of benzene rings is 1. The highest BCUT2D eigenvalue weighted by Gasteiger charge is 2.11. The summed E-state index contributed by atoms with van der Waals surface area (Å²) in [4.78, 5) is 24.1. The van der Waals surface area contributed by atoms with Crippen molar-refractivity contribution < 1.29 is 9.59 Å². The lowest BCUT2D eigenvalue weighted by Gasteiger charge is -2.07. The molecule has 0 spiro atoms. The van der Waals surface area contributed by atoms with Gasteiger partial charge < -0.3 is 11.1 Å². The van der Waals surface area contributed by atoms with Crippen molar-refractivity contribution in [2.24, 2.45) is 5.73 Å². The van der Waals surface area contributed by atoms with E-state index in [1.807, 2.05) is 11.4 Å². The number of nitrogens with one attached hydrogen (secondary N) is 1. The van der Waals surface area contributed by atoms with Gasteiger partial charge in [-0.1, -0.05) is 12.1 Å².